The lowest BCUT2D eigenvalue weighted by molar-refractivity contribution is -0.384. The fourth-order valence-corrected chi connectivity index (χ4v) is 1.31. The molecule has 0 aromatic heterocycles. The van der Waals surface area contributed by atoms with Crippen LogP contribution in [0.25, 0.3) is 0 Å². The Morgan fingerprint density at radius 1 is 1.62 bits per heavy atom. The summed E-state index contributed by atoms with van der Waals surface area (Å²) in [7, 11) is 0. The van der Waals surface area contributed by atoms with Crippen LogP contribution in [0.1, 0.15) is 6.92 Å². The molecule has 6 nitrogen and oxygen atoms in total. The van der Waals surface area contributed by atoms with E-state index < -0.39 is 16.9 Å². The molecule has 0 aliphatic carbocycles. The number of amides is 1. The number of carbonyl (C=O) groups excluding carboxylic acids is 1. The van der Waals surface area contributed by atoms with Gasteiger partial charge in [0.2, 0.25) is 5.91 Å². The van der Waals surface area contributed by atoms with E-state index in [1.165, 1.54) is 25.1 Å². The van der Waals surface area contributed by atoms with E-state index >= 15 is 0 Å². The van der Waals surface area contributed by atoms with Crippen molar-refractivity contribution in [1.82, 2.24) is 0 Å². The van der Waals surface area contributed by atoms with E-state index in [4.69, 9.17) is 5.73 Å². The predicted octanol–water partition coefficient (Wildman–Crippen LogP) is 1.64. The standard InChI is InChI=1S/C9H10BrN3O3/c1-5(11)9(14)12-8-4-6(13(15)16)2-3-7(8)10/h2-5H,11H2,1H3,(H,12,14). The molecule has 0 fully saturated rings. The van der Waals surface area contributed by atoms with Gasteiger partial charge in [-0.25, -0.2) is 0 Å². The molecule has 1 aromatic carbocycles. The van der Waals surface area contributed by atoms with Gasteiger partial charge in [-0.3, -0.25) is 14.9 Å². The quantitative estimate of drug-likeness (QED) is 0.652. The number of rotatable bonds is 3. The summed E-state index contributed by atoms with van der Waals surface area (Å²) in [6.07, 6.45) is 0. The number of anilines is 1. The van der Waals surface area contributed by atoms with Crippen LogP contribution in [0.3, 0.4) is 0 Å². The average Bonchev–Trinajstić information content (AvgIpc) is 2.20. The van der Waals surface area contributed by atoms with Gasteiger partial charge in [-0.05, 0) is 28.9 Å². The normalized spacial score (nSPS) is 11.9. The van der Waals surface area contributed by atoms with Gasteiger partial charge in [-0.1, -0.05) is 0 Å². The third-order valence-electron chi connectivity index (χ3n) is 1.83. The Balaban J connectivity index is 2.99. The van der Waals surface area contributed by atoms with Crippen molar-refractivity contribution < 1.29 is 9.72 Å². The number of nitro benzene ring substituents is 1. The van der Waals surface area contributed by atoms with Crippen molar-refractivity contribution in [2.45, 2.75) is 13.0 Å². The van der Waals surface area contributed by atoms with Crippen molar-refractivity contribution in [2.24, 2.45) is 5.73 Å². The number of non-ortho nitro benzene ring substituents is 1. The van der Waals surface area contributed by atoms with Crippen molar-refractivity contribution >= 4 is 33.2 Å². The number of hydrogen-bond donors (Lipinski definition) is 2. The van der Waals surface area contributed by atoms with Crippen molar-refractivity contribution in [2.75, 3.05) is 5.32 Å². The fourth-order valence-electron chi connectivity index (χ4n) is 0.969. The molecule has 86 valence electrons. The highest BCUT2D eigenvalue weighted by atomic mass is 79.9. The number of carbonyl (C=O) groups is 1. The average molecular weight is 288 g/mol. The molecule has 0 saturated carbocycles. The molecule has 1 amide bonds. The summed E-state index contributed by atoms with van der Waals surface area (Å²) in [5, 5.41) is 13.0. The largest absolute Gasteiger partial charge is 0.324 e. The Labute approximate surface area is 100 Å². The molecule has 0 radical (unpaired) electrons. The Bertz CT molecular complexity index is 434. The van der Waals surface area contributed by atoms with Crippen LogP contribution in [0.4, 0.5) is 11.4 Å². The molecule has 0 aliphatic rings. The molecule has 0 aliphatic heterocycles. The van der Waals surface area contributed by atoms with Crippen LogP contribution >= 0.6 is 15.9 Å². The number of nitrogens with zero attached hydrogens (tertiary/aromatic N) is 1. The lowest BCUT2D eigenvalue weighted by Gasteiger charge is -2.09. The molecule has 3 N–H and O–H groups in total. The lowest BCUT2D eigenvalue weighted by atomic mass is 10.2. The number of halogens is 1. The predicted molar refractivity (Wildman–Crippen MR) is 63.1 cm³/mol. The highest BCUT2D eigenvalue weighted by Crippen LogP contribution is 2.27. The molecule has 0 heterocycles. The van der Waals surface area contributed by atoms with Crippen LogP contribution in [0, 0.1) is 10.1 Å². The Morgan fingerprint density at radius 2 is 2.25 bits per heavy atom. The SMILES string of the molecule is CC(N)C(=O)Nc1cc([N+](=O)[O-])ccc1Br. The van der Waals surface area contributed by atoms with E-state index in [-0.39, 0.29) is 5.69 Å². The first-order valence-electron chi connectivity index (χ1n) is 4.42. The van der Waals surface area contributed by atoms with Gasteiger partial charge in [0.15, 0.2) is 0 Å². The van der Waals surface area contributed by atoms with Gasteiger partial charge in [-0.2, -0.15) is 0 Å². The highest BCUT2D eigenvalue weighted by Gasteiger charge is 2.13. The Hall–Kier alpha value is -1.47. The van der Waals surface area contributed by atoms with Gasteiger partial charge in [0.25, 0.3) is 5.69 Å². The molecule has 1 rings (SSSR count). The molecule has 0 bridgehead atoms. The van der Waals surface area contributed by atoms with Crippen molar-refractivity contribution in [1.29, 1.82) is 0 Å². The first-order valence-corrected chi connectivity index (χ1v) is 5.21. The van der Waals surface area contributed by atoms with E-state index in [0.29, 0.717) is 10.2 Å². The maximum atomic E-state index is 11.3. The topological polar surface area (TPSA) is 98.3 Å². The molecule has 0 spiro atoms. The van der Waals surface area contributed by atoms with E-state index in [2.05, 4.69) is 21.2 Å². The monoisotopic (exact) mass is 287 g/mol. The summed E-state index contributed by atoms with van der Waals surface area (Å²) >= 11 is 3.18. The van der Waals surface area contributed by atoms with Crippen LogP contribution in [0.15, 0.2) is 22.7 Å². The number of nitrogens with two attached hydrogens (primary N) is 1. The van der Waals surface area contributed by atoms with Crippen LogP contribution < -0.4 is 11.1 Å². The van der Waals surface area contributed by atoms with Crippen LogP contribution in [0.2, 0.25) is 0 Å². The summed E-state index contributed by atoms with van der Waals surface area (Å²) in [6.45, 7) is 1.53. The zero-order valence-electron chi connectivity index (χ0n) is 8.44. The molecule has 16 heavy (non-hydrogen) atoms. The third-order valence-corrected chi connectivity index (χ3v) is 2.52. The smallest absolute Gasteiger partial charge is 0.271 e. The summed E-state index contributed by atoms with van der Waals surface area (Å²) in [4.78, 5) is 21.3. The maximum Gasteiger partial charge on any atom is 0.271 e. The van der Waals surface area contributed by atoms with Gasteiger partial charge in [0, 0.05) is 16.6 Å². The van der Waals surface area contributed by atoms with Crippen LogP contribution in [0.5, 0.6) is 0 Å². The highest BCUT2D eigenvalue weighted by molar-refractivity contribution is 9.10. The second kappa shape index (κ2) is 5.04. The molecule has 7 heteroatoms. The van der Waals surface area contributed by atoms with Gasteiger partial charge >= 0.3 is 0 Å². The van der Waals surface area contributed by atoms with Crippen molar-refractivity contribution in [3.8, 4) is 0 Å². The van der Waals surface area contributed by atoms with Crippen LogP contribution in [-0.2, 0) is 4.79 Å². The molecular formula is C9H10BrN3O3. The number of benzene rings is 1. The van der Waals surface area contributed by atoms with Crippen molar-refractivity contribution in [3.63, 3.8) is 0 Å². The number of hydrogen-bond acceptors (Lipinski definition) is 4. The molecule has 1 aromatic rings. The fraction of sp³-hybridized carbons (Fsp3) is 0.222. The van der Waals surface area contributed by atoms with E-state index in [0.717, 1.165) is 0 Å². The minimum atomic E-state index is -0.675. The van der Waals surface area contributed by atoms with Gasteiger partial charge < -0.3 is 11.1 Å². The molecular weight excluding hydrogens is 278 g/mol. The third kappa shape index (κ3) is 3.01. The number of nitrogens with one attached hydrogen (secondary N) is 1. The van der Waals surface area contributed by atoms with Gasteiger partial charge in [0.05, 0.1) is 16.7 Å². The summed E-state index contributed by atoms with van der Waals surface area (Å²) in [5.41, 5.74) is 5.61. The Kier molecular flexibility index (Phi) is 3.97. The first kappa shape index (κ1) is 12.6. The first-order chi connectivity index (χ1) is 7.41. The minimum absolute atomic E-state index is 0.0943. The molecule has 1 unspecified atom stereocenters. The van der Waals surface area contributed by atoms with E-state index in [9.17, 15) is 14.9 Å². The van der Waals surface area contributed by atoms with Crippen LogP contribution in [-0.4, -0.2) is 16.9 Å². The maximum absolute atomic E-state index is 11.3. The zero-order valence-corrected chi connectivity index (χ0v) is 10.0. The summed E-state index contributed by atoms with van der Waals surface area (Å²) in [6, 6.07) is 3.43. The molecule has 1 atom stereocenters. The lowest BCUT2D eigenvalue weighted by Crippen LogP contribution is -2.32. The number of nitro groups is 1. The van der Waals surface area contributed by atoms with Crippen molar-refractivity contribution in [3.05, 3.63) is 32.8 Å². The van der Waals surface area contributed by atoms with Gasteiger partial charge in [0.1, 0.15) is 0 Å². The molecule has 0 saturated heterocycles. The zero-order chi connectivity index (χ0) is 12.3. The summed E-state index contributed by atoms with van der Waals surface area (Å²) < 4.78 is 0.562. The summed E-state index contributed by atoms with van der Waals surface area (Å²) in [5.74, 6) is -0.402. The van der Waals surface area contributed by atoms with E-state index in [1.54, 1.807) is 0 Å². The minimum Gasteiger partial charge on any atom is -0.324 e. The second-order valence-electron chi connectivity index (χ2n) is 3.20. The van der Waals surface area contributed by atoms with E-state index in [1.807, 2.05) is 0 Å². The van der Waals surface area contributed by atoms with Gasteiger partial charge in [-0.15, -0.1) is 0 Å². The second-order valence-corrected chi connectivity index (χ2v) is 4.05. The Morgan fingerprint density at radius 3 is 2.75 bits per heavy atom.